The van der Waals surface area contributed by atoms with E-state index in [1.165, 1.54) is 37.7 Å². The minimum Gasteiger partial charge on any atom is -0.324 e. The van der Waals surface area contributed by atoms with Crippen LogP contribution in [-0.2, 0) is 10.0 Å². The molecule has 3 N–H and O–H groups in total. The zero-order valence-corrected chi connectivity index (χ0v) is 13.9. The summed E-state index contributed by atoms with van der Waals surface area (Å²) < 4.78 is 27.3. The molecule has 122 valence electrons. The Balaban J connectivity index is 1.65. The first-order chi connectivity index (χ1) is 10.5. The van der Waals surface area contributed by atoms with E-state index in [9.17, 15) is 8.42 Å². The third-order valence-corrected chi connectivity index (χ3v) is 6.65. The maximum atomic E-state index is 12.3. The summed E-state index contributed by atoms with van der Waals surface area (Å²) in [6.45, 7) is 0.333. The molecule has 2 fully saturated rings. The van der Waals surface area contributed by atoms with Gasteiger partial charge in [-0.2, -0.15) is 0 Å². The lowest BCUT2D eigenvalue weighted by Crippen LogP contribution is -2.54. The number of hydrogen-bond acceptors (Lipinski definition) is 3. The van der Waals surface area contributed by atoms with E-state index in [1.54, 1.807) is 12.1 Å². The lowest BCUT2D eigenvalue weighted by Gasteiger charge is -2.38. The minimum atomic E-state index is -3.45. The van der Waals surface area contributed by atoms with Crippen molar-refractivity contribution in [3.63, 3.8) is 0 Å². The Morgan fingerprint density at radius 2 is 1.68 bits per heavy atom. The van der Waals surface area contributed by atoms with Crippen molar-refractivity contribution in [1.29, 1.82) is 0 Å². The normalized spacial score (nSPS) is 22.2. The van der Waals surface area contributed by atoms with Crippen LogP contribution in [-0.4, -0.2) is 20.5 Å². The lowest BCUT2D eigenvalue weighted by molar-refractivity contribution is 0.251. The molecular formula is C17H26N2O2S. The van der Waals surface area contributed by atoms with E-state index >= 15 is 0 Å². The molecule has 2 saturated carbocycles. The van der Waals surface area contributed by atoms with E-state index < -0.39 is 10.0 Å². The van der Waals surface area contributed by atoms with Gasteiger partial charge in [-0.3, -0.25) is 0 Å². The summed E-state index contributed by atoms with van der Waals surface area (Å²) in [6.07, 6.45) is 9.23. The van der Waals surface area contributed by atoms with Gasteiger partial charge in [0.25, 0.3) is 0 Å². The largest absolute Gasteiger partial charge is 0.324 e. The van der Waals surface area contributed by atoms with Crippen molar-refractivity contribution in [3.8, 4) is 0 Å². The van der Waals surface area contributed by atoms with Crippen LogP contribution in [0.4, 0.5) is 0 Å². The van der Waals surface area contributed by atoms with Crippen LogP contribution in [0.1, 0.15) is 62.8 Å². The highest BCUT2D eigenvalue weighted by atomic mass is 32.2. The minimum absolute atomic E-state index is 0.333. The van der Waals surface area contributed by atoms with E-state index in [-0.39, 0.29) is 5.54 Å². The number of benzene rings is 1. The van der Waals surface area contributed by atoms with Gasteiger partial charge < -0.3 is 5.73 Å². The van der Waals surface area contributed by atoms with Crippen LogP contribution in [0.25, 0.3) is 0 Å². The molecule has 0 radical (unpaired) electrons. The average Bonchev–Trinajstić information content (AvgIpc) is 2.52. The Morgan fingerprint density at radius 1 is 1.05 bits per heavy atom. The van der Waals surface area contributed by atoms with Gasteiger partial charge in [-0.05, 0) is 55.7 Å². The van der Waals surface area contributed by atoms with Crippen LogP contribution in [0.15, 0.2) is 29.2 Å². The van der Waals surface area contributed by atoms with Crippen molar-refractivity contribution in [2.24, 2.45) is 5.73 Å². The molecule has 0 bridgehead atoms. The van der Waals surface area contributed by atoms with Gasteiger partial charge in [-0.25, -0.2) is 13.1 Å². The Morgan fingerprint density at radius 3 is 2.23 bits per heavy atom. The van der Waals surface area contributed by atoms with Crippen LogP contribution < -0.4 is 10.5 Å². The van der Waals surface area contributed by atoms with E-state index in [4.69, 9.17) is 5.73 Å². The monoisotopic (exact) mass is 322 g/mol. The van der Waals surface area contributed by atoms with Crippen molar-refractivity contribution in [3.05, 3.63) is 29.8 Å². The quantitative estimate of drug-likeness (QED) is 0.875. The second kappa shape index (κ2) is 6.30. The second-order valence-electron chi connectivity index (χ2n) is 6.94. The molecule has 0 heterocycles. The molecule has 22 heavy (non-hydrogen) atoms. The fraction of sp³-hybridized carbons (Fsp3) is 0.647. The molecule has 1 aromatic carbocycles. The van der Waals surface area contributed by atoms with Crippen molar-refractivity contribution in [1.82, 2.24) is 4.72 Å². The number of rotatable bonds is 5. The molecule has 2 aliphatic carbocycles. The molecule has 4 nitrogen and oxygen atoms in total. The summed E-state index contributed by atoms with van der Waals surface area (Å²) in [5.74, 6) is 0.598. The van der Waals surface area contributed by atoms with Crippen molar-refractivity contribution >= 4 is 10.0 Å². The molecule has 1 aromatic rings. The molecule has 0 aliphatic heterocycles. The molecule has 2 aliphatic rings. The van der Waals surface area contributed by atoms with Gasteiger partial charge in [0.05, 0.1) is 4.90 Å². The number of nitrogens with one attached hydrogen (secondary N) is 1. The van der Waals surface area contributed by atoms with Crippen molar-refractivity contribution in [2.75, 3.05) is 6.54 Å². The predicted molar refractivity (Wildman–Crippen MR) is 88.2 cm³/mol. The van der Waals surface area contributed by atoms with Gasteiger partial charge in [-0.1, -0.05) is 31.4 Å². The van der Waals surface area contributed by atoms with Gasteiger partial charge >= 0.3 is 0 Å². The SMILES string of the molecule is NC1(CNS(=O)(=O)c2ccc(C3CCCCC3)cc2)CCC1. The predicted octanol–water partition coefficient (Wildman–Crippen LogP) is 2.89. The number of sulfonamides is 1. The second-order valence-corrected chi connectivity index (χ2v) is 8.71. The first kappa shape index (κ1) is 16.0. The average molecular weight is 322 g/mol. The van der Waals surface area contributed by atoms with Crippen molar-refractivity contribution in [2.45, 2.75) is 67.7 Å². The smallest absolute Gasteiger partial charge is 0.240 e. The van der Waals surface area contributed by atoms with Gasteiger partial charge in [-0.15, -0.1) is 0 Å². The highest BCUT2D eigenvalue weighted by molar-refractivity contribution is 7.89. The van der Waals surface area contributed by atoms with Crippen LogP contribution in [0.5, 0.6) is 0 Å². The summed E-state index contributed by atoms with van der Waals surface area (Å²) in [4.78, 5) is 0.343. The van der Waals surface area contributed by atoms with E-state index in [0.717, 1.165) is 19.3 Å². The molecule has 3 rings (SSSR count). The fourth-order valence-corrected chi connectivity index (χ4v) is 4.62. The zero-order chi connectivity index (χ0) is 15.6. The van der Waals surface area contributed by atoms with E-state index in [0.29, 0.717) is 17.4 Å². The highest BCUT2D eigenvalue weighted by Crippen LogP contribution is 2.33. The Hall–Kier alpha value is -0.910. The first-order valence-corrected chi connectivity index (χ1v) is 9.85. The molecule has 0 unspecified atom stereocenters. The Kier molecular flexibility index (Phi) is 4.57. The Labute approximate surface area is 133 Å². The molecule has 0 saturated heterocycles. The van der Waals surface area contributed by atoms with Crippen LogP contribution in [0.2, 0.25) is 0 Å². The van der Waals surface area contributed by atoms with Gasteiger partial charge in [0.2, 0.25) is 10.0 Å². The van der Waals surface area contributed by atoms with Crippen LogP contribution in [0.3, 0.4) is 0 Å². The molecule has 0 atom stereocenters. The van der Waals surface area contributed by atoms with Crippen LogP contribution >= 0.6 is 0 Å². The third-order valence-electron chi connectivity index (χ3n) is 5.23. The molecule has 0 amide bonds. The van der Waals surface area contributed by atoms with E-state index in [1.807, 2.05) is 12.1 Å². The van der Waals surface area contributed by atoms with Gasteiger partial charge in [0.1, 0.15) is 0 Å². The summed E-state index contributed by atoms with van der Waals surface area (Å²) in [5.41, 5.74) is 7.02. The molecule has 5 heteroatoms. The van der Waals surface area contributed by atoms with E-state index in [2.05, 4.69) is 4.72 Å². The van der Waals surface area contributed by atoms with Gasteiger partial charge in [0, 0.05) is 12.1 Å². The van der Waals surface area contributed by atoms with Crippen molar-refractivity contribution < 1.29 is 8.42 Å². The molecular weight excluding hydrogens is 296 g/mol. The first-order valence-electron chi connectivity index (χ1n) is 8.37. The standard InChI is InChI=1S/C17H26N2O2S/c18-17(11-4-12-17)13-19-22(20,21)16-9-7-15(8-10-16)14-5-2-1-3-6-14/h7-10,14,19H,1-6,11-13,18H2. The summed E-state index contributed by atoms with van der Waals surface area (Å²) >= 11 is 0. The maximum Gasteiger partial charge on any atom is 0.240 e. The third kappa shape index (κ3) is 3.53. The zero-order valence-electron chi connectivity index (χ0n) is 13.1. The maximum absolute atomic E-state index is 12.3. The summed E-state index contributed by atoms with van der Waals surface area (Å²) in [7, 11) is -3.45. The summed E-state index contributed by atoms with van der Waals surface area (Å²) in [6, 6.07) is 7.42. The lowest BCUT2D eigenvalue weighted by atomic mass is 9.78. The highest BCUT2D eigenvalue weighted by Gasteiger charge is 2.33. The number of nitrogens with two attached hydrogens (primary N) is 1. The Bertz CT molecular complexity index is 600. The number of hydrogen-bond donors (Lipinski definition) is 2. The van der Waals surface area contributed by atoms with Crippen LogP contribution in [0, 0.1) is 0 Å². The topological polar surface area (TPSA) is 72.2 Å². The fourth-order valence-electron chi connectivity index (χ4n) is 3.48. The van der Waals surface area contributed by atoms with Gasteiger partial charge in [0.15, 0.2) is 0 Å². The summed E-state index contributed by atoms with van der Waals surface area (Å²) in [5, 5.41) is 0. The molecule has 0 spiro atoms. The molecule has 0 aromatic heterocycles.